The van der Waals surface area contributed by atoms with Crippen LogP contribution in [0.3, 0.4) is 0 Å². The van der Waals surface area contributed by atoms with Gasteiger partial charge in [-0.05, 0) is 24.0 Å². The molecule has 0 unspecified atom stereocenters. The summed E-state index contributed by atoms with van der Waals surface area (Å²) < 4.78 is 0. The van der Waals surface area contributed by atoms with Crippen LogP contribution in [-0.2, 0) is 6.54 Å². The fourth-order valence-electron chi connectivity index (χ4n) is 2.06. The molecule has 112 valence electrons. The van der Waals surface area contributed by atoms with E-state index in [0.29, 0.717) is 10.6 Å². The molecular formula is C15H17ClN2OS2. The van der Waals surface area contributed by atoms with Gasteiger partial charge in [-0.25, -0.2) is 0 Å². The van der Waals surface area contributed by atoms with Gasteiger partial charge in [0.2, 0.25) is 0 Å². The van der Waals surface area contributed by atoms with Crippen LogP contribution in [0.15, 0.2) is 29.2 Å². The van der Waals surface area contributed by atoms with Crippen LogP contribution in [0.2, 0.25) is 5.02 Å². The minimum atomic E-state index is 0.0129. The number of anilines is 2. The van der Waals surface area contributed by atoms with Gasteiger partial charge in [-0.2, -0.15) is 0 Å². The van der Waals surface area contributed by atoms with E-state index in [9.17, 15) is 4.79 Å². The van der Waals surface area contributed by atoms with Crippen LogP contribution in [0.25, 0.3) is 0 Å². The molecule has 0 radical (unpaired) electrons. The number of thiophene rings is 1. The van der Waals surface area contributed by atoms with Gasteiger partial charge < -0.3 is 10.6 Å². The summed E-state index contributed by atoms with van der Waals surface area (Å²) in [5, 5.41) is 1.76. The number of halogens is 1. The first-order valence-corrected chi connectivity index (χ1v) is 8.78. The van der Waals surface area contributed by atoms with Crippen LogP contribution in [-0.4, -0.2) is 19.1 Å². The van der Waals surface area contributed by atoms with Crippen LogP contribution < -0.4 is 10.6 Å². The summed E-state index contributed by atoms with van der Waals surface area (Å²) in [4.78, 5) is 15.4. The van der Waals surface area contributed by atoms with E-state index in [-0.39, 0.29) is 5.78 Å². The van der Waals surface area contributed by atoms with Crippen molar-refractivity contribution in [2.45, 2.75) is 18.4 Å². The summed E-state index contributed by atoms with van der Waals surface area (Å²) in [6, 6.07) is 7.76. The Kier molecular flexibility index (Phi) is 5.19. The van der Waals surface area contributed by atoms with Crippen molar-refractivity contribution in [3.63, 3.8) is 0 Å². The molecule has 0 saturated carbocycles. The lowest BCUT2D eigenvalue weighted by Gasteiger charge is -2.19. The monoisotopic (exact) mass is 340 g/mol. The van der Waals surface area contributed by atoms with Gasteiger partial charge in [-0.15, -0.1) is 23.1 Å². The molecule has 0 spiro atoms. The van der Waals surface area contributed by atoms with Crippen molar-refractivity contribution < 1.29 is 4.79 Å². The van der Waals surface area contributed by atoms with Crippen LogP contribution in [0.5, 0.6) is 0 Å². The second kappa shape index (κ2) is 6.73. The van der Waals surface area contributed by atoms with E-state index in [0.717, 1.165) is 27.0 Å². The number of carbonyl (C=O) groups is 1. The van der Waals surface area contributed by atoms with E-state index in [1.165, 1.54) is 11.3 Å². The Morgan fingerprint density at radius 3 is 2.52 bits per heavy atom. The van der Waals surface area contributed by atoms with E-state index >= 15 is 0 Å². The number of carbonyl (C=O) groups excluding carboxylic acids is 1. The predicted molar refractivity (Wildman–Crippen MR) is 94.1 cm³/mol. The number of nitrogens with two attached hydrogens (primary N) is 1. The highest BCUT2D eigenvalue weighted by Gasteiger charge is 2.20. The Balaban J connectivity index is 2.30. The first kappa shape index (κ1) is 16.2. The minimum Gasteiger partial charge on any atom is -0.396 e. The van der Waals surface area contributed by atoms with Crippen molar-refractivity contribution in [2.24, 2.45) is 0 Å². The number of benzene rings is 1. The molecule has 2 N–H and O–H groups in total. The third-order valence-electron chi connectivity index (χ3n) is 3.09. The van der Waals surface area contributed by atoms with Crippen molar-refractivity contribution in [1.82, 2.24) is 0 Å². The van der Waals surface area contributed by atoms with Crippen molar-refractivity contribution in [3.05, 3.63) is 39.7 Å². The van der Waals surface area contributed by atoms with E-state index < -0.39 is 0 Å². The van der Waals surface area contributed by atoms with Crippen molar-refractivity contribution in [1.29, 1.82) is 0 Å². The number of nitrogens with zero attached hydrogens (tertiary/aromatic N) is 1. The molecule has 2 aromatic rings. The highest BCUT2D eigenvalue weighted by atomic mass is 35.5. The Hall–Kier alpha value is -1.17. The fourth-order valence-corrected chi connectivity index (χ4v) is 4.25. The summed E-state index contributed by atoms with van der Waals surface area (Å²) in [7, 11) is 2.00. The number of ketones is 1. The Labute approximate surface area is 138 Å². The van der Waals surface area contributed by atoms with E-state index in [4.69, 9.17) is 17.3 Å². The maximum Gasteiger partial charge on any atom is 0.171 e. The summed E-state index contributed by atoms with van der Waals surface area (Å²) in [6.07, 6.45) is 1.97. The number of nitrogen functional groups attached to an aromatic ring is 1. The van der Waals surface area contributed by atoms with Gasteiger partial charge in [0.25, 0.3) is 0 Å². The molecule has 0 saturated heterocycles. The van der Waals surface area contributed by atoms with Gasteiger partial charge in [0.15, 0.2) is 5.78 Å². The van der Waals surface area contributed by atoms with E-state index in [1.807, 2.05) is 37.6 Å². The molecule has 0 aliphatic heterocycles. The zero-order chi connectivity index (χ0) is 15.6. The quantitative estimate of drug-likeness (QED) is 0.641. The smallest absolute Gasteiger partial charge is 0.171 e. The predicted octanol–water partition coefficient (Wildman–Crippen LogP) is 4.54. The molecule has 1 aromatic carbocycles. The maximum absolute atomic E-state index is 11.7. The summed E-state index contributed by atoms with van der Waals surface area (Å²) in [5.41, 5.74) is 7.84. The lowest BCUT2D eigenvalue weighted by molar-refractivity contribution is 0.102. The number of Topliss-reactive ketones (excluding diaryl/α,β-unsaturated/α-hetero) is 1. The van der Waals surface area contributed by atoms with Gasteiger partial charge >= 0.3 is 0 Å². The molecule has 2 rings (SSSR count). The third-order valence-corrected chi connectivity index (χ3v) is 5.71. The standard InChI is InChI=1S/C15H17ClN2OS2/c1-9(19)13-12(17)14(20-3)15(21-13)18(2)8-10-4-6-11(16)7-5-10/h4-7H,8,17H2,1-3H3. The van der Waals surface area contributed by atoms with Crippen molar-refractivity contribution in [2.75, 3.05) is 23.9 Å². The van der Waals surface area contributed by atoms with Crippen LogP contribution in [0, 0.1) is 0 Å². The molecule has 0 fully saturated rings. The van der Waals surface area contributed by atoms with E-state index in [2.05, 4.69) is 4.90 Å². The highest BCUT2D eigenvalue weighted by Crippen LogP contribution is 2.43. The van der Waals surface area contributed by atoms with Gasteiger partial charge in [0.05, 0.1) is 15.5 Å². The molecule has 1 aromatic heterocycles. The van der Waals surface area contributed by atoms with Crippen LogP contribution in [0.4, 0.5) is 10.7 Å². The van der Waals surface area contributed by atoms with Gasteiger partial charge in [0.1, 0.15) is 5.00 Å². The minimum absolute atomic E-state index is 0.0129. The lowest BCUT2D eigenvalue weighted by Crippen LogP contribution is -2.15. The number of thioether (sulfide) groups is 1. The molecule has 0 bridgehead atoms. The molecule has 3 nitrogen and oxygen atoms in total. The summed E-state index contributed by atoms with van der Waals surface area (Å²) in [6.45, 7) is 2.29. The molecule has 0 amide bonds. The summed E-state index contributed by atoms with van der Waals surface area (Å²) in [5.74, 6) is 0.0129. The molecule has 0 aliphatic rings. The highest BCUT2D eigenvalue weighted by molar-refractivity contribution is 7.99. The summed E-state index contributed by atoms with van der Waals surface area (Å²) >= 11 is 8.93. The fraction of sp³-hybridized carbons (Fsp3) is 0.267. The van der Waals surface area contributed by atoms with Crippen molar-refractivity contribution >= 4 is 51.2 Å². The number of hydrogen-bond donors (Lipinski definition) is 1. The van der Waals surface area contributed by atoms with Gasteiger partial charge in [-0.3, -0.25) is 4.79 Å². The topological polar surface area (TPSA) is 46.3 Å². The third kappa shape index (κ3) is 3.54. The largest absolute Gasteiger partial charge is 0.396 e. The Bertz CT molecular complexity index is 652. The lowest BCUT2D eigenvalue weighted by atomic mass is 10.2. The first-order valence-electron chi connectivity index (χ1n) is 6.36. The van der Waals surface area contributed by atoms with Crippen LogP contribution in [0.1, 0.15) is 22.2 Å². The molecular weight excluding hydrogens is 324 g/mol. The molecule has 0 atom stereocenters. The maximum atomic E-state index is 11.7. The van der Waals surface area contributed by atoms with Gasteiger partial charge in [-0.1, -0.05) is 23.7 Å². The average Bonchev–Trinajstić information content (AvgIpc) is 2.78. The molecule has 0 aliphatic carbocycles. The second-order valence-corrected chi connectivity index (χ2v) is 6.97. The Morgan fingerprint density at radius 2 is 2.00 bits per heavy atom. The van der Waals surface area contributed by atoms with Crippen molar-refractivity contribution in [3.8, 4) is 0 Å². The van der Waals surface area contributed by atoms with Gasteiger partial charge in [0, 0.05) is 25.5 Å². The van der Waals surface area contributed by atoms with Crippen LogP contribution >= 0.6 is 34.7 Å². The SMILES string of the molecule is CSc1c(N(C)Cc2ccc(Cl)cc2)sc(C(C)=O)c1N. The Morgan fingerprint density at radius 1 is 1.38 bits per heavy atom. The van der Waals surface area contributed by atoms with E-state index in [1.54, 1.807) is 18.7 Å². The molecule has 6 heteroatoms. The molecule has 21 heavy (non-hydrogen) atoms. The molecule has 1 heterocycles. The second-order valence-electron chi connectivity index (χ2n) is 4.72. The zero-order valence-corrected chi connectivity index (χ0v) is 14.5. The normalized spacial score (nSPS) is 10.7. The number of rotatable bonds is 5. The number of hydrogen-bond acceptors (Lipinski definition) is 5. The average molecular weight is 341 g/mol. The first-order chi connectivity index (χ1) is 9.93. The zero-order valence-electron chi connectivity index (χ0n) is 12.1.